The number of hydrogen-bond acceptors (Lipinski definition) is 4. The van der Waals surface area contributed by atoms with Crippen molar-refractivity contribution in [2.24, 2.45) is 0 Å². The fraction of sp³-hybridized carbons (Fsp3) is 0.333. The highest BCUT2D eigenvalue weighted by Crippen LogP contribution is 2.14. The Bertz CT molecular complexity index is 276. The molecule has 0 aliphatic heterocycles. The Hall–Kier alpha value is -0.0700. The number of carbonyl (C=O) groups is 1. The van der Waals surface area contributed by atoms with Gasteiger partial charge in [0, 0.05) is 17.7 Å². The fourth-order valence-electron chi connectivity index (χ4n) is 0.603. The molecule has 0 spiro atoms. The van der Waals surface area contributed by atoms with Crippen molar-refractivity contribution in [1.82, 2.24) is 10.3 Å². The Morgan fingerprint density at radius 2 is 2.58 bits per heavy atom. The summed E-state index contributed by atoms with van der Waals surface area (Å²) in [6, 6.07) is 0. The van der Waals surface area contributed by atoms with E-state index in [1.165, 1.54) is 11.3 Å². The highest BCUT2D eigenvalue weighted by molar-refractivity contribution is 9.10. The minimum atomic E-state index is -0.139. The number of thiol groups is 1. The predicted octanol–water partition coefficient (Wildman–Crippen LogP) is 1.57. The summed E-state index contributed by atoms with van der Waals surface area (Å²) >= 11 is 8.46. The summed E-state index contributed by atoms with van der Waals surface area (Å²) in [5.41, 5.74) is 0. The van der Waals surface area contributed by atoms with Gasteiger partial charge in [-0.3, -0.25) is 4.79 Å². The van der Waals surface area contributed by atoms with Crippen LogP contribution in [0.4, 0.5) is 0 Å². The molecule has 0 saturated heterocycles. The zero-order valence-corrected chi connectivity index (χ0v) is 9.38. The van der Waals surface area contributed by atoms with E-state index in [1.54, 1.807) is 5.38 Å². The standard InChI is InChI=1S/C6H7BrN2OS2/c7-4-3-12-6(9-4)5(10)8-1-2-11/h3,11H,1-2H2,(H,8,10). The molecule has 0 aliphatic carbocycles. The lowest BCUT2D eigenvalue weighted by Gasteiger charge is -1.97. The Kier molecular flexibility index (Phi) is 4.03. The zero-order valence-electron chi connectivity index (χ0n) is 6.08. The van der Waals surface area contributed by atoms with Gasteiger partial charge in [0.1, 0.15) is 4.60 Å². The van der Waals surface area contributed by atoms with E-state index in [1.807, 2.05) is 0 Å². The number of nitrogens with one attached hydrogen (secondary N) is 1. The van der Waals surface area contributed by atoms with Crippen molar-refractivity contribution in [3.05, 3.63) is 15.0 Å². The number of hydrogen-bond donors (Lipinski definition) is 2. The van der Waals surface area contributed by atoms with Gasteiger partial charge in [0.2, 0.25) is 0 Å². The van der Waals surface area contributed by atoms with E-state index in [-0.39, 0.29) is 5.91 Å². The smallest absolute Gasteiger partial charge is 0.280 e. The Labute approximate surface area is 88.1 Å². The Morgan fingerprint density at radius 3 is 3.08 bits per heavy atom. The monoisotopic (exact) mass is 266 g/mol. The summed E-state index contributed by atoms with van der Waals surface area (Å²) in [6.45, 7) is 0.569. The summed E-state index contributed by atoms with van der Waals surface area (Å²) < 4.78 is 0.698. The van der Waals surface area contributed by atoms with Gasteiger partial charge in [0.15, 0.2) is 5.01 Å². The van der Waals surface area contributed by atoms with Crippen molar-refractivity contribution in [3.63, 3.8) is 0 Å². The van der Waals surface area contributed by atoms with Gasteiger partial charge in [-0.15, -0.1) is 11.3 Å². The highest BCUT2D eigenvalue weighted by Gasteiger charge is 2.08. The van der Waals surface area contributed by atoms with Crippen LogP contribution in [-0.4, -0.2) is 23.2 Å². The summed E-state index contributed by atoms with van der Waals surface area (Å²) in [7, 11) is 0. The van der Waals surface area contributed by atoms with E-state index in [0.29, 0.717) is 21.9 Å². The van der Waals surface area contributed by atoms with Crippen molar-refractivity contribution in [2.45, 2.75) is 0 Å². The van der Waals surface area contributed by atoms with Crippen LogP contribution in [0.25, 0.3) is 0 Å². The number of carbonyl (C=O) groups excluding carboxylic acids is 1. The zero-order chi connectivity index (χ0) is 8.97. The number of rotatable bonds is 3. The van der Waals surface area contributed by atoms with Gasteiger partial charge < -0.3 is 5.32 Å². The van der Waals surface area contributed by atoms with E-state index in [9.17, 15) is 4.79 Å². The summed E-state index contributed by atoms with van der Waals surface area (Å²) in [5, 5.41) is 4.92. The molecule has 0 saturated carbocycles. The predicted molar refractivity (Wildman–Crippen MR) is 56.0 cm³/mol. The number of nitrogens with zero attached hydrogens (tertiary/aromatic N) is 1. The molecule has 0 aliphatic rings. The molecular weight excluding hydrogens is 260 g/mol. The first-order valence-corrected chi connectivity index (χ1v) is 5.54. The van der Waals surface area contributed by atoms with Crippen LogP contribution in [0, 0.1) is 0 Å². The van der Waals surface area contributed by atoms with Crippen LogP contribution >= 0.6 is 39.9 Å². The third-order valence-electron chi connectivity index (χ3n) is 1.07. The normalized spacial score (nSPS) is 9.83. The van der Waals surface area contributed by atoms with Gasteiger partial charge in [0.25, 0.3) is 5.91 Å². The number of amides is 1. The highest BCUT2D eigenvalue weighted by atomic mass is 79.9. The second kappa shape index (κ2) is 4.84. The molecule has 6 heteroatoms. The average molecular weight is 267 g/mol. The summed E-state index contributed by atoms with van der Waals surface area (Å²) in [4.78, 5) is 15.2. The van der Waals surface area contributed by atoms with Gasteiger partial charge in [-0.25, -0.2) is 4.98 Å². The third-order valence-corrected chi connectivity index (χ3v) is 2.84. The molecule has 0 unspecified atom stereocenters. The lowest BCUT2D eigenvalue weighted by atomic mass is 10.6. The fourth-order valence-corrected chi connectivity index (χ4v) is 1.88. The van der Waals surface area contributed by atoms with Gasteiger partial charge in [0.05, 0.1) is 0 Å². The van der Waals surface area contributed by atoms with Crippen LogP contribution in [0.15, 0.2) is 9.98 Å². The maximum absolute atomic E-state index is 11.2. The molecule has 66 valence electrons. The lowest BCUT2D eigenvalue weighted by molar-refractivity contribution is 0.0955. The molecule has 1 rings (SSSR count). The van der Waals surface area contributed by atoms with Crippen LogP contribution in [0.1, 0.15) is 9.80 Å². The molecule has 12 heavy (non-hydrogen) atoms. The Balaban J connectivity index is 2.53. The molecule has 1 heterocycles. The van der Waals surface area contributed by atoms with Crippen LogP contribution < -0.4 is 5.32 Å². The molecule has 0 bridgehead atoms. The molecule has 1 aromatic heterocycles. The summed E-state index contributed by atoms with van der Waals surface area (Å²) in [5.74, 6) is 0.498. The van der Waals surface area contributed by atoms with Gasteiger partial charge in [-0.05, 0) is 15.9 Å². The van der Waals surface area contributed by atoms with Crippen molar-refractivity contribution in [1.29, 1.82) is 0 Å². The molecular formula is C6H7BrN2OS2. The minimum Gasteiger partial charge on any atom is -0.349 e. The van der Waals surface area contributed by atoms with E-state index >= 15 is 0 Å². The quantitative estimate of drug-likeness (QED) is 0.816. The Morgan fingerprint density at radius 1 is 1.83 bits per heavy atom. The van der Waals surface area contributed by atoms with E-state index in [4.69, 9.17) is 0 Å². The number of aromatic nitrogens is 1. The summed E-state index contributed by atoms with van der Waals surface area (Å²) in [6.07, 6.45) is 0. The van der Waals surface area contributed by atoms with Crippen molar-refractivity contribution < 1.29 is 4.79 Å². The largest absolute Gasteiger partial charge is 0.349 e. The first-order chi connectivity index (χ1) is 5.74. The van der Waals surface area contributed by atoms with Crippen molar-refractivity contribution >= 4 is 45.8 Å². The van der Waals surface area contributed by atoms with Crippen LogP contribution in [0.3, 0.4) is 0 Å². The number of halogens is 1. The molecule has 1 N–H and O–H groups in total. The first-order valence-electron chi connectivity index (χ1n) is 3.24. The molecule has 0 radical (unpaired) electrons. The molecule has 0 atom stereocenters. The SMILES string of the molecule is O=C(NCCS)c1nc(Br)cs1. The minimum absolute atomic E-state index is 0.139. The van der Waals surface area contributed by atoms with E-state index in [0.717, 1.165) is 0 Å². The van der Waals surface area contributed by atoms with Crippen LogP contribution in [0.5, 0.6) is 0 Å². The molecule has 3 nitrogen and oxygen atoms in total. The van der Waals surface area contributed by atoms with Crippen LogP contribution in [0.2, 0.25) is 0 Å². The third kappa shape index (κ3) is 2.76. The van der Waals surface area contributed by atoms with Gasteiger partial charge >= 0.3 is 0 Å². The van der Waals surface area contributed by atoms with Crippen LogP contribution in [-0.2, 0) is 0 Å². The van der Waals surface area contributed by atoms with Gasteiger partial charge in [-0.1, -0.05) is 0 Å². The second-order valence-corrected chi connectivity index (χ2v) is 4.07. The molecule has 0 fully saturated rings. The van der Waals surface area contributed by atoms with E-state index in [2.05, 4.69) is 38.9 Å². The topological polar surface area (TPSA) is 42.0 Å². The van der Waals surface area contributed by atoms with Crippen molar-refractivity contribution in [2.75, 3.05) is 12.3 Å². The maximum atomic E-state index is 11.2. The second-order valence-electron chi connectivity index (χ2n) is 1.95. The number of thiazole rings is 1. The van der Waals surface area contributed by atoms with E-state index < -0.39 is 0 Å². The molecule has 1 amide bonds. The molecule has 0 aromatic carbocycles. The van der Waals surface area contributed by atoms with Gasteiger partial charge in [-0.2, -0.15) is 12.6 Å². The lowest BCUT2D eigenvalue weighted by Crippen LogP contribution is -2.25. The van der Waals surface area contributed by atoms with Crippen molar-refractivity contribution in [3.8, 4) is 0 Å². The average Bonchev–Trinajstić information content (AvgIpc) is 2.47. The first kappa shape index (κ1) is 10.0. The maximum Gasteiger partial charge on any atom is 0.280 e. The molecule has 1 aromatic rings.